The number of hydrogen-bond donors (Lipinski definition) is 1. The molecule has 222 valence electrons. The summed E-state index contributed by atoms with van der Waals surface area (Å²) in [5.74, 6) is -0.656. The van der Waals surface area contributed by atoms with Crippen LogP contribution in [0.2, 0.25) is 0 Å². The summed E-state index contributed by atoms with van der Waals surface area (Å²) in [5.41, 5.74) is 0. The highest BCUT2D eigenvalue weighted by molar-refractivity contribution is 5.69. The van der Waals surface area contributed by atoms with Crippen molar-refractivity contribution in [3.8, 4) is 0 Å². The van der Waals surface area contributed by atoms with Gasteiger partial charge < -0.3 is 5.11 Å². The van der Waals surface area contributed by atoms with Crippen molar-refractivity contribution in [1.29, 1.82) is 0 Å². The van der Waals surface area contributed by atoms with E-state index in [0.29, 0.717) is 0 Å². The molecule has 0 aromatic carbocycles. The fourth-order valence-electron chi connectivity index (χ4n) is 5.74. The second-order valence-corrected chi connectivity index (χ2v) is 12.2. The summed E-state index contributed by atoms with van der Waals surface area (Å²) in [6, 6.07) is 0. The van der Waals surface area contributed by atoms with Crippen LogP contribution in [0.25, 0.3) is 0 Å². The van der Waals surface area contributed by atoms with E-state index in [1.807, 2.05) is 0 Å². The van der Waals surface area contributed by atoms with Gasteiger partial charge in [-0.3, -0.25) is 4.79 Å². The van der Waals surface area contributed by atoms with Crippen molar-refractivity contribution >= 4 is 5.97 Å². The highest BCUT2D eigenvalue weighted by Crippen LogP contribution is 2.20. The van der Waals surface area contributed by atoms with Gasteiger partial charge in [0.05, 0.1) is 5.92 Å². The lowest BCUT2D eigenvalue weighted by Crippen LogP contribution is -2.13. The molecule has 0 aromatic heterocycles. The van der Waals surface area contributed by atoms with Gasteiger partial charge in [-0.1, -0.05) is 200 Å². The van der Waals surface area contributed by atoms with Crippen LogP contribution in [-0.2, 0) is 4.79 Å². The molecule has 37 heavy (non-hydrogen) atoms. The van der Waals surface area contributed by atoms with E-state index in [-0.39, 0.29) is 5.92 Å². The molecule has 0 radical (unpaired) electrons. The third-order valence-electron chi connectivity index (χ3n) is 8.41. The molecule has 1 N–H and O–H groups in total. The number of unbranched alkanes of at least 4 members (excludes halogenated alkanes) is 27. The molecule has 0 aliphatic carbocycles. The Hall–Kier alpha value is -0.530. The van der Waals surface area contributed by atoms with Crippen LogP contribution in [-0.4, -0.2) is 11.1 Å². The van der Waals surface area contributed by atoms with Gasteiger partial charge >= 0.3 is 5.97 Å². The van der Waals surface area contributed by atoms with Crippen LogP contribution < -0.4 is 0 Å². The summed E-state index contributed by atoms with van der Waals surface area (Å²) in [7, 11) is 0. The minimum atomic E-state index is -0.559. The monoisotopic (exact) mass is 523 g/mol. The Morgan fingerprint density at radius 1 is 0.378 bits per heavy atom. The van der Waals surface area contributed by atoms with E-state index >= 15 is 0 Å². The molecule has 2 nitrogen and oxygen atoms in total. The minimum Gasteiger partial charge on any atom is -0.481 e. The quantitative estimate of drug-likeness (QED) is 0.0892. The van der Waals surface area contributed by atoms with Gasteiger partial charge in [0.1, 0.15) is 0 Å². The largest absolute Gasteiger partial charge is 0.481 e. The zero-order valence-corrected chi connectivity index (χ0v) is 25.9. The Kier molecular flexibility index (Phi) is 31.2. The first-order chi connectivity index (χ1) is 18.2. The molecular formula is C35H70O2. The number of rotatable bonds is 32. The zero-order valence-electron chi connectivity index (χ0n) is 25.9. The van der Waals surface area contributed by atoms with E-state index in [1.54, 1.807) is 0 Å². The Balaban J connectivity index is 3.31. The van der Waals surface area contributed by atoms with E-state index in [1.165, 1.54) is 173 Å². The number of aliphatic carboxylic acids is 1. The lowest BCUT2D eigenvalue weighted by Gasteiger charge is -2.12. The molecule has 0 bridgehead atoms. The molecule has 0 heterocycles. The maximum Gasteiger partial charge on any atom is 0.306 e. The Labute approximate surface area is 234 Å². The Bertz CT molecular complexity index is 433. The highest BCUT2D eigenvalue weighted by Gasteiger charge is 2.16. The average molecular weight is 523 g/mol. The van der Waals surface area contributed by atoms with E-state index in [0.717, 1.165) is 25.7 Å². The summed E-state index contributed by atoms with van der Waals surface area (Å²) >= 11 is 0. The number of carboxylic acid groups (broad SMARTS) is 1. The van der Waals surface area contributed by atoms with E-state index in [2.05, 4.69) is 13.8 Å². The van der Waals surface area contributed by atoms with Crippen molar-refractivity contribution < 1.29 is 9.90 Å². The highest BCUT2D eigenvalue weighted by atomic mass is 16.4. The van der Waals surface area contributed by atoms with Crippen molar-refractivity contribution in [2.24, 2.45) is 5.92 Å². The van der Waals surface area contributed by atoms with Gasteiger partial charge in [-0.2, -0.15) is 0 Å². The maximum atomic E-state index is 11.6. The van der Waals surface area contributed by atoms with Crippen LogP contribution in [0.3, 0.4) is 0 Å². The topological polar surface area (TPSA) is 37.3 Å². The van der Waals surface area contributed by atoms with Crippen molar-refractivity contribution in [1.82, 2.24) is 0 Å². The van der Waals surface area contributed by atoms with Crippen LogP contribution in [0.1, 0.15) is 213 Å². The van der Waals surface area contributed by atoms with Crippen molar-refractivity contribution in [3.63, 3.8) is 0 Å². The fourth-order valence-corrected chi connectivity index (χ4v) is 5.74. The van der Waals surface area contributed by atoms with E-state index < -0.39 is 5.97 Å². The summed E-state index contributed by atoms with van der Waals surface area (Å²) in [6.07, 6.45) is 41.5. The first-order valence-electron chi connectivity index (χ1n) is 17.4. The third kappa shape index (κ3) is 29.9. The van der Waals surface area contributed by atoms with Crippen molar-refractivity contribution in [2.75, 3.05) is 0 Å². The standard InChI is InChI=1S/C35H70O2/c1-3-5-7-9-11-13-14-15-16-17-18-19-20-21-22-23-24-25-27-29-31-33-34(35(36)37)32-30-28-26-12-10-8-6-4-2/h34H,3-33H2,1-2H3,(H,36,37). The van der Waals surface area contributed by atoms with Crippen molar-refractivity contribution in [3.05, 3.63) is 0 Å². The molecular weight excluding hydrogens is 452 g/mol. The Morgan fingerprint density at radius 2 is 0.568 bits per heavy atom. The summed E-state index contributed by atoms with van der Waals surface area (Å²) in [4.78, 5) is 11.6. The van der Waals surface area contributed by atoms with E-state index in [4.69, 9.17) is 0 Å². The molecule has 1 unspecified atom stereocenters. The molecule has 0 aliphatic rings. The predicted molar refractivity (Wildman–Crippen MR) is 166 cm³/mol. The van der Waals surface area contributed by atoms with Gasteiger partial charge in [0.25, 0.3) is 0 Å². The number of hydrogen-bond acceptors (Lipinski definition) is 1. The van der Waals surface area contributed by atoms with Gasteiger partial charge in [-0.25, -0.2) is 0 Å². The molecule has 0 aromatic rings. The first-order valence-corrected chi connectivity index (χ1v) is 17.4. The molecule has 0 saturated heterocycles. The van der Waals surface area contributed by atoms with Gasteiger partial charge in [-0.15, -0.1) is 0 Å². The first kappa shape index (κ1) is 36.5. The summed E-state index contributed by atoms with van der Waals surface area (Å²) < 4.78 is 0. The number of carbonyl (C=O) groups is 1. The van der Waals surface area contributed by atoms with Crippen LogP contribution in [0.5, 0.6) is 0 Å². The SMILES string of the molecule is CCCCCCCCCCCCCCCCCCCCCCCC(CCCCCCCCCC)C(=O)O. The van der Waals surface area contributed by atoms with Gasteiger partial charge in [0, 0.05) is 0 Å². The fraction of sp³-hybridized carbons (Fsp3) is 0.971. The number of carboxylic acids is 1. The molecule has 0 aliphatic heterocycles. The molecule has 1 atom stereocenters. The van der Waals surface area contributed by atoms with Gasteiger partial charge in [-0.05, 0) is 12.8 Å². The van der Waals surface area contributed by atoms with Gasteiger partial charge in [0.2, 0.25) is 0 Å². The van der Waals surface area contributed by atoms with Crippen LogP contribution in [0.15, 0.2) is 0 Å². The third-order valence-corrected chi connectivity index (χ3v) is 8.41. The minimum absolute atomic E-state index is 0.0968. The van der Waals surface area contributed by atoms with Gasteiger partial charge in [0.15, 0.2) is 0 Å². The molecule has 0 amide bonds. The molecule has 0 saturated carbocycles. The molecule has 2 heteroatoms. The van der Waals surface area contributed by atoms with Crippen LogP contribution in [0, 0.1) is 5.92 Å². The second kappa shape index (κ2) is 31.7. The average Bonchev–Trinajstić information content (AvgIpc) is 2.89. The smallest absolute Gasteiger partial charge is 0.306 e. The molecule has 0 fully saturated rings. The summed E-state index contributed by atoms with van der Waals surface area (Å²) in [5, 5.41) is 9.54. The molecule has 0 spiro atoms. The predicted octanol–water partition coefficient (Wildman–Crippen LogP) is 12.8. The maximum absolute atomic E-state index is 11.6. The Morgan fingerprint density at radius 3 is 0.757 bits per heavy atom. The van der Waals surface area contributed by atoms with E-state index in [9.17, 15) is 9.90 Å². The lowest BCUT2D eigenvalue weighted by atomic mass is 9.94. The lowest BCUT2D eigenvalue weighted by molar-refractivity contribution is -0.142. The van der Waals surface area contributed by atoms with Crippen molar-refractivity contribution in [2.45, 2.75) is 213 Å². The van der Waals surface area contributed by atoms with Crippen LogP contribution >= 0.6 is 0 Å². The van der Waals surface area contributed by atoms with Crippen LogP contribution in [0.4, 0.5) is 0 Å². The zero-order chi connectivity index (χ0) is 27.1. The molecule has 0 rings (SSSR count). The second-order valence-electron chi connectivity index (χ2n) is 12.2. The summed E-state index contributed by atoms with van der Waals surface area (Å²) in [6.45, 7) is 4.55. The normalized spacial score (nSPS) is 12.3.